The van der Waals surface area contributed by atoms with Gasteiger partial charge in [-0.2, -0.15) is 13.2 Å². The van der Waals surface area contributed by atoms with Crippen LogP contribution in [0.4, 0.5) is 24.5 Å². The number of piperidine rings is 1. The number of alkyl halides is 3. The first-order chi connectivity index (χ1) is 29.4. The maximum atomic E-state index is 13.6. The van der Waals surface area contributed by atoms with Crippen molar-refractivity contribution in [3.8, 4) is 0 Å². The number of pyridine rings is 2. The summed E-state index contributed by atoms with van der Waals surface area (Å²) in [7, 11) is 0. The lowest BCUT2D eigenvalue weighted by molar-refractivity contribution is -0.141. The molecule has 4 amide bonds. The topological polar surface area (TPSA) is 170 Å². The summed E-state index contributed by atoms with van der Waals surface area (Å²) in [4.78, 5) is 67.9. The number of halogens is 3. The molecule has 9 rings (SSSR count). The maximum Gasteiger partial charge on any atom is 0.433 e. The molecular formula is C45H49F3N8O5S. The molecule has 4 fully saturated rings. The van der Waals surface area contributed by atoms with Crippen LogP contribution in [-0.2, 0) is 21.4 Å². The molecule has 13 nitrogen and oxygen atoms in total. The lowest BCUT2D eigenvalue weighted by Crippen LogP contribution is -2.63. The van der Waals surface area contributed by atoms with E-state index in [-0.39, 0.29) is 42.0 Å². The van der Waals surface area contributed by atoms with Crippen molar-refractivity contribution < 1.29 is 37.5 Å². The van der Waals surface area contributed by atoms with Gasteiger partial charge in [0, 0.05) is 55.5 Å². The van der Waals surface area contributed by atoms with Gasteiger partial charge >= 0.3 is 6.18 Å². The monoisotopic (exact) mass is 870 g/mol. The highest BCUT2D eigenvalue weighted by atomic mass is 32.1. The summed E-state index contributed by atoms with van der Waals surface area (Å²) >= 11 is 1.49. The molecule has 2 saturated heterocycles. The largest absolute Gasteiger partial charge is 0.433 e. The molecule has 3 aliphatic heterocycles. The highest BCUT2D eigenvalue weighted by molar-refractivity contribution is 7.18. The molecule has 5 aliphatic rings. The van der Waals surface area contributed by atoms with Crippen molar-refractivity contribution in [2.45, 2.75) is 95.4 Å². The first kappa shape index (κ1) is 42.1. The molecule has 17 heteroatoms. The van der Waals surface area contributed by atoms with Gasteiger partial charge in [0.05, 0.1) is 26.7 Å². The Morgan fingerprint density at radius 2 is 1.73 bits per heavy atom. The van der Waals surface area contributed by atoms with Crippen molar-refractivity contribution in [3.05, 3.63) is 82.3 Å². The van der Waals surface area contributed by atoms with Gasteiger partial charge < -0.3 is 20.6 Å². The van der Waals surface area contributed by atoms with Crippen molar-refractivity contribution in [2.24, 2.45) is 17.3 Å². The van der Waals surface area contributed by atoms with Crippen LogP contribution in [0, 0.1) is 17.3 Å². The summed E-state index contributed by atoms with van der Waals surface area (Å²) in [5.41, 5.74) is 0.656. The van der Waals surface area contributed by atoms with Crippen LogP contribution in [0.2, 0.25) is 0 Å². The Kier molecular flexibility index (Phi) is 10.7. The molecule has 62 heavy (non-hydrogen) atoms. The Labute approximate surface area is 360 Å². The number of hydrogen-bond donors (Lipinski definition) is 4. The van der Waals surface area contributed by atoms with Crippen molar-refractivity contribution >= 4 is 62.4 Å². The number of likely N-dealkylation sites (tertiary alicyclic amines) is 1. The lowest BCUT2D eigenvalue weighted by Gasteiger charge is -2.60. The number of aliphatic hydroxyl groups is 1. The van der Waals surface area contributed by atoms with Gasteiger partial charge in [0.15, 0.2) is 5.65 Å². The molecule has 2 saturated carbocycles. The molecule has 2 aliphatic carbocycles. The van der Waals surface area contributed by atoms with Gasteiger partial charge in [-0.3, -0.25) is 29.4 Å². The van der Waals surface area contributed by atoms with E-state index in [2.05, 4.69) is 37.4 Å². The molecule has 1 atom stereocenters. The van der Waals surface area contributed by atoms with Crippen LogP contribution in [0.15, 0.2) is 49.0 Å². The van der Waals surface area contributed by atoms with Gasteiger partial charge in [0.25, 0.3) is 11.8 Å². The van der Waals surface area contributed by atoms with Crippen LogP contribution in [0.5, 0.6) is 0 Å². The Balaban J connectivity index is 0.735. The molecule has 4 aromatic rings. The third kappa shape index (κ3) is 8.10. The first-order valence-electron chi connectivity index (χ1n) is 21.3. The number of thiazole rings is 1. The highest BCUT2D eigenvalue weighted by Gasteiger charge is 2.52. The van der Waals surface area contributed by atoms with Gasteiger partial charge in [0.1, 0.15) is 23.0 Å². The minimum absolute atomic E-state index is 0.161. The zero-order valence-electron chi connectivity index (χ0n) is 34.6. The predicted molar refractivity (Wildman–Crippen MR) is 227 cm³/mol. The second-order valence-corrected chi connectivity index (χ2v) is 19.4. The number of carbonyl (C=O) groups is 4. The molecule has 0 radical (unpaired) electrons. The molecule has 326 valence electrons. The highest BCUT2D eigenvalue weighted by Crippen LogP contribution is 2.53. The summed E-state index contributed by atoms with van der Waals surface area (Å²) in [6.07, 6.45) is 3.37. The van der Waals surface area contributed by atoms with Crippen molar-refractivity contribution in [3.63, 3.8) is 0 Å². The number of nitrogens with zero attached hydrogens (tertiary/aromatic N) is 5. The van der Waals surface area contributed by atoms with E-state index in [1.165, 1.54) is 49.0 Å². The summed E-state index contributed by atoms with van der Waals surface area (Å²) in [5, 5.41) is 20.4. The van der Waals surface area contributed by atoms with Crippen molar-refractivity contribution in [1.29, 1.82) is 0 Å². The van der Waals surface area contributed by atoms with E-state index in [9.17, 15) is 37.5 Å². The van der Waals surface area contributed by atoms with Gasteiger partial charge in [0.2, 0.25) is 11.8 Å². The van der Waals surface area contributed by atoms with Crippen LogP contribution in [0.25, 0.3) is 16.0 Å². The minimum atomic E-state index is -4.70. The van der Waals surface area contributed by atoms with Crippen molar-refractivity contribution in [1.82, 2.24) is 30.1 Å². The number of nitrogens with one attached hydrogen (secondary N) is 3. The van der Waals surface area contributed by atoms with Crippen LogP contribution in [-0.4, -0.2) is 85.7 Å². The zero-order chi connectivity index (χ0) is 43.7. The number of amides is 4. The summed E-state index contributed by atoms with van der Waals surface area (Å²) < 4.78 is 40.5. The van der Waals surface area contributed by atoms with E-state index in [1.54, 1.807) is 6.07 Å². The number of anilines is 2. The van der Waals surface area contributed by atoms with Gasteiger partial charge in [-0.15, -0.1) is 11.3 Å². The molecule has 6 heterocycles. The van der Waals surface area contributed by atoms with E-state index in [0.29, 0.717) is 44.4 Å². The second kappa shape index (κ2) is 15.8. The Morgan fingerprint density at radius 3 is 2.44 bits per heavy atom. The Morgan fingerprint density at radius 1 is 0.984 bits per heavy atom. The van der Waals surface area contributed by atoms with E-state index in [4.69, 9.17) is 4.98 Å². The zero-order valence-corrected chi connectivity index (χ0v) is 35.4. The number of benzene rings is 1. The lowest BCUT2D eigenvalue weighted by atomic mass is 9.57. The predicted octanol–water partition coefficient (Wildman–Crippen LogP) is 7.30. The third-order valence-electron chi connectivity index (χ3n) is 13.3. The van der Waals surface area contributed by atoms with Crippen LogP contribution >= 0.6 is 11.3 Å². The summed E-state index contributed by atoms with van der Waals surface area (Å²) in [5.74, 6) is -0.381. The minimum Gasteiger partial charge on any atom is -0.384 e. The Bertz CT molecular complexity index is 2480. The molecule has 0 bridgehead atoms. The van der Waals surface area contributed by atoms with Gasteiger partial charge in [-0.05, 0) is 107 Å². The van der Waals surface area contributed by atoms with Crippen molar-refractivity contribution in [2.75, 3.05) is 36.8 Å². The van der Waals surface area contributed by atoms with Gasteiger partial charge in [-0.1, -0.05) is 24.8 Å². The van der Waals surface area contributed by atoms with E-state index in [0.717, 1.165) is 81.1 Å². The van der Waals surface area contributed by atoms with Crippen LogP contribution in [0.3, 0.4) is 0 Å². The number of aromatic nitrogens is 3. The molecular weight excluding hydrogens is 822 g/mol. The van der Waals surface area contributed by atoms with E-state index < -0.39 is 41.0 Å². The fourth-order valence-electron chi connectivity index (χ4n) is 10.4. The Hall–Kier alpha value is -5.26. The molecule has 4 N–H and O–H groups in total. The third-order valence-corrected chi connectivity index (χ3v) is 14.4. The van der Waals surface area contributed by atoms with Gasteiger partial charge in [-0.25, -0.2) is 15.0 Å². The fourth-order valence-corrected chi connectivity index (χ4v) is 11.5. The molecule has 1 unspecified atom stereocenters. The SMILES string of the molecule is C=C1c2cccc(NCCC3CC4(C3)CN(CC3CCC(c5nc6nc(C(C)(C)O)c(NC(=O)c7cccc(C(F)(F)F)n7)cc6s5)CC3)C4)c2C(=O)N1C1CCC(=O)NC1=O. The summed E-state index contributed by atoms with van der Waals surface area (Å²) in [6, 6.07) is 9.72. The second-order valence-electron chi connectivity index (χ2n) is 18.4. The quantitative estimate of drug-likeness (QED) is 0.112. The molecule has 1 aromatic carbocycles. The average molecular weight is 871 g/mol. The first-order valence-corrected chi connectivity index (χ1v) is 22.1. The van der Waals surface area contributed by atoms with E-state index >= 15 is 0 Å². The van der Waals surface area contributed by atoms with Crippen LogP contribution < -0.4 is 16.0 Å². The number of carbonyl (C=O) groups excluding carboxylic acids is 4. The molecule has 1 spiro atoms. The summed E-state index contributed by atoms with van der Waals surface area (Å²) in [6.45, 7) is 11.3. The standard InChI is InChI=1S/C45H49F3N8O5S/c1-24-28-6-4-7-29(36(28)42(60)56(24)32-14-15-35(57)52-40(32)59)49-17-16-26-19-44(20-26)22-55(23-44)21-25-10-12-27(13-11-25)41-54-38-33(62-41)18-31(37(53-38)43(2,3)61)51-39(58)30-8-5-9-34(50-30)45(46,47)48/h4-9,18,25-27,32,49,61H,1,10-17,19-23H2,2-3H3,(H,51,58)(H,52,57,59). The smallest absolute Gasteiger partial charge is 0.384 e. The maximum absolute atomic E-state index is 13.6. The normalized spacial score (nSPS) is 23.0. The fraction of sp³-hybridized carbons (Fsp3) is 0.489. The number of imide groups is 1. The number of hydrogen-bond acceptors (Lipinski definition) is 11. The number of fused-ring (bicyclic) bond motifs is 2. The molecule has 3 aromatic heterocycles. The average Bonchev–Trinajstić information content (AvgIpc) is 3.73. The van der Waals surface area contributed by atoms with Crippen LogP contribution in [0.1, 0.15) is 120 Å². The van der Waals surface area contributed by atoms with E-state index in [1.807, 2.05) is 18.2 Å². The number of rotatable bonds is 11.